The molecule has 2 heterocycles. The molecule has 3 rings (SSSR count). The van der Waals surface area contributed by atoms with Crippen LogP contribution in [0.3, 0.4) is 0 Å². The van der Waals surface area contributed by atoms with Crippen LogP contribution in [0.2, 0.25) is 0 Å². The van der Waals surface area contributed by atoms with Gasteiger partial charge >= 0.3 is 0 Å². The van der Waals surface area contributed by atoms with Gasteiger partial charge in [0.15, 0.2) is 0 Å². The lowest BCUT2D eigenvalue weighted by Crippen LogP contribution is -2.16. The minimum atomic E-state index is 0.467. The van der Waals surface area contributed by atoms with Crippen LogP contribution in [0.25, 0.3) is 0 Å². The average Bonchev–Trinajstić information content (AvgIpc) is 2.82. The molecule has 17 heavy (non-hydrogen) atoms. The minimum Gasteiger partial charge on any atom is -0.348 e. The molecule has 0 N–H and O–H groups in total. The topological polar surface area (TPSA) is 16.1 Å². The quantitative estimate of drug-likeness (QED) is 0.754. The molecule has 86 valence electrons. The van der Waals surface area contributed by atoms with Gasteiger partial charge in [-0.05, 0) is 23.3 Å². The zero-order valence-corrected chi connectivity index (χ0v) is 10.2. The largest absolute Gasteiger partial charge is 0.348 e. The molecule has 0 spiro atoms. The number of rotatable bonds is 2. The van der Waals surface area contributed by atoms with Crippen LogP contribution in [0.1, 0.15) is 16.8 Å². The van der Waals surface area contributed by atoms with Gasteiger partial charge in [-0.1, -0.05) is 30.3 Å². The number of pyridine rings is 1. The highest BCUT2D eigenvalue weighted by Crippen LogP contribution is 2.26. The van der Waals surface area contributed by atoms with Crippen LogP contribution >= 0.6 is 11.6 Å². The smallest absolute Gasteiger partial charge is 0.129 e. The Morgan fingerprint density at radius 3 is 2.35 bits per heavy atom. The summed E-state index contributed by atoms with van der Waals surface area (Å²) in [6.07, 6.45) is 0. The second-order valence-corrected chi connectivity index (χ2v) is 4.51. The highest BCUT2D eigenvalue weighted by atomic mass is 35.5. The predicted molar refractivity (Wildman–Crippen MR) is 70.1 cm³/mol. The average molecular weight is 245 g/mol. The first-order valence-corrected chi connectivity index (χ1v) is 6.24. The van der Waals surface area contributed by atoms with Gasteiger partial charge in [0.1, 0.15) is 5.82 Å². The Balaban J connectivity index is 1.88. The fourth-order valence-electron chi connectivity index (χ4n) is 2.21. The molecule has 3 heteroatoms. The zero-order valence-electron chi connectivity index (χ0n) is 9.44. The summed E-state index contributed by atoms with van der Waals surface area (Å²) in [6.45, 7) is 1.88. The van der Waals surface area contributed by atoms with E-state index in [-0.39, 0.29) is 0 Å². The number of hydrogen-bond donors (Lipinski definition) is 0. The van der Waals surface area contributed by atoms with Crippen molar-refractivity contribution >= 4 is 17.4 Å². The second-order valence-electron chi connectivity index (χ2n) is 4.25. The third-order valence-corrected chi connectivity index (χ3v) is 3.37. The van der Waals surface area contributed by atoms with Crippen molar-refractivity contribution in [2.45, 2.75) is 19.0 Å². The van der Waals surface area contributed by atoms with E-state index in [2.05, 4.69) is 34.1 Å². The number of alkyl halides is 1. The molecule has 0 bridgehead atoms. The lowest BCUT2D eigenvalue weighted by atomic mass is 10.1. The molecule has 0 saturated carbocycles. The Bertz CT molecular complexity index is 514. The standard InChI is InChI=1S/C14H13ClN2/c15-8-13-6-3-7-14(16-13)17-9-11-4-1-2-5-12(11)10-17/h1-7H,8-10H2. The first-order chi connectivity index (χ1) is 8.36. The molecule has 1 aliphatic rings. The number of halogens is 1. The second kappa shape index (κ2) is 4.38. The van der Waals surface area contributed by atoms with Gasteiger partial charge in [0.05, 0.1) is 11.6 Å². The summed E-state index contributed by atoms with van der Waals surface area (Å²) in [6, 6.07) is 14.6. The molecule has 0 amide bonds. The lowest BCUT2D eigenvalue weighted by Gasteiger charge is -2.16. The zero-order chi connectivity index (χ0) is 11.7. The molecule has 0 unspecified atom stereocenters. The summed E-state index contributed by atoms with van der Waals surface area (Å²) in [4.78, 5) is 6.83. The highest BCUT2D eigenvalue weighted by Gasteiger charge is 2.19. The van der Waals surface area contributed by atoms with Crippen molar-refractivity contribution in [3.63, 3.8) is 0 Å². The monoisotopic (exact) mass is 244 g/mol. The van der Waals surface area contributed by atoms with Crippen LogP contribution < -0.4 is 4.90 Å². The van der Waals surface area contributed by atoms with E-state index in [1.807, 2.05) is 18.2 Å². The van der Waals surface area contributed by atoms with E-state index in [1.54, 1.807) is 0 Å². The fourth-order valence-corrected chi connectivity index (χ4v) is 2.36. The normalized spacial score (nSPS) is 13.8. The van der Waals surface area contributed by atoms with E-state index in [0.717, 1.165) is 24.6 Å². The van der Waals surface area contributed by atoms with E-state index >= 15 is 0 Å². The van der Waals surface area contributed by atoms with Crippen LogP contribution in [-0.2, 0) is 19.0 Å². The van der Waals surface area contributed by atoms with Crippen LogP contribution in [0.15, 0.2) is 42.5 Å². The predicted octanol–water partition coefficient (Wildman–Crippen LogP) is 3.34. The molecular weight excluding hydrogens is 232 g/mol. The molecule has 0 atom stereocenters. The third kappa shape index (κ3) is 2.01. The number of hydrogen-bond acceptors (Lipinski definition) is 2. The summed E-state index contributed by atoms with van der Waals surface area (Å²) in [5, 5.41) is 0. The van der Waals surface area contributed by atoms with Crippen molar-refractivity contribution in [2.24, 2.45) is 0 Å². The molecule has 1 aromatic heterocycles. The number of aromatic nitrogens is 1. The summed E-state index contributed by atoms with van der Waals surface area (Å²) >= 11 is 5.81. The van der Waals surface area contributed by atoms with Gasteiger partial charge in [-0.2, -0.15) is 0 Å². The van der Waals surface area contributed by atoms with Gasteiger partial charge in [0, 0.05) is 13.1 Å². The van der Waals surface area contributed by atoms with E-state index in [9.17, 15) is 0 Å². The van der Waals surface area contributed by atoms with E-state index in [0.29, 0.717) is 5.88 Å². The molecule has 2 aromatic rings. The minimum absolute atomic E-state index is 0.467. The fraction of sp³-hybridized carbons (Fsp3) is 0.214. The van der Waals surface area contributed by atoms with Crippen molar-refractivity contribution in [1.82, 2.24) is 4.98 Å². The molecule has 1 aliphatic heterocycles. The lowest BCUT2D eigenvalue weighted by molar-refractivity contribution is 0.851. The Morgan fingerprint density at radius 2 is 1.71 bits per heavy atom. The number of anilines is 1. The summed E-state index contributed by atoms with van der Waals surface area (Å²) in [5.41, 5.74) is 3.72. The van der Waals surface area contributed by atoms with Crippen LogP contribution in [0, 0.1) is 0 Å². The summed E-state index contributed by atoms with van der Waals surface area (Å²) in [7, 11) is 0. The van der Waals surface area contributed by atoms with Gasteiger partial charge < -0.3 is 4.90 Å². The van der Waals surface area contributed by atoms with E-state index in [1.165, 1.54) is 11.1 Å². The first-order valence-electron chi connectivity index (χ1n) is 5.70. The Hall–Kier alpha value is -1.54. The first kappa shape index (κ1) is 10.6. The van der Waals surface area contributed by atoms with Crippen LogP contribution in [0.5, 0.6) is 0 Å². The third-order valence-electron chi connectivity index (χ3n) is 3.09. The van der Waals surface area contributed by atoms with Crippen molar-refractivity contribution < 1.29 is 0 Å². The van der Waals surface area contributed by atoms with Crippen molar-refractivity contribution in [2.75, 3.05) is 4.90 Å². The molecular formula is C14H13ClN2. The maximum Gasteiger partial charge on any atom is 0.129 e. The molecule has 1 aromatic carbocycles. The van der Waals surface area contributed by atoms with Crippen LogP contribution in [-0.4, -0.2) is 4.98 Å². The van der Waals surface area contributed by atoms with Crippen LogP contribution in [0.4, 0.5) is 5.82 Å². The van der Waals surface area contributed by atoms with E-state index < -0.39 is 0 Å². The highest BCUT2D eigenvalue weighted by molar-refractivity contribution is 6.16. The molecule has 2 nitrogen and oxygen atoms in total. The maximum absolute atomic E-state index is 5.81. The number of fused-ring (bicyclic) bond motifs is 1. The summed E-state index contributed by atoms with van der Waals surface area (Å²) < 4.78 is 0. The van der Waals surface area contributed by atoms with Crippen molar-refractivity contribution in [3.8, 4) is 0 Å². The Kier molecular flexibility index (Phi) is 2.73. The van der Waals surface area contributed by atoms with E-state index in [4.69, 9.17) is 11.6 Å². The molecule has 0 aliphatic carbocycles. The van der Waals surface area contributed by atoms with Crippen molar-refractivity contribution in [1.29, 1.82) is 0 Å². The summed E-state index contributed by atoms with van der Waals surface area (Å²) in [5.74, 6) is 1.48. The van der Waals surface area contributed by atoms with Crippen molar-refractivity contribution in [3.05, 3.63) is 59.3 Å². The van der Waals surface area contributed by atoms with Gasteiger partial charge in [-0.3, -0.25) is 0 Å². The SMILES string of the molecule is ClCc1cccc(N2Cc3ccccc3C2)n1. The van der Waals surface area contributed by atoms with Gasteiger partial charge in [-0.15, -0.1) is 11.6 Å². The Labute approximate surface area is 106 Å². The maximum atomic E-state index is 5.81. The van der Waals surface area contributed by atoms with Gasteiger partial charge in [0.25, 0.3) is 0 Å². The van der Waals surface area contributed by atoms with Gasteiger partial charge in [0.2, 0.25) is 0 Å². The Morgan fingerprint density at radius 1 is 1.00 bits per heavy atom. The van der Waals surface area contributed by atoms with Gasteiger partial charge in [-0.25, -0.2) is 4.98 Å². The molecule has 0 radical (unpaired) electrons. The molecule has 0 saturated heterocycles. The number of benzene rings is 1. The number of nitrogens with zero attached hydrogens (tertiary/aromatic N) is 2. The molecule has 0 fully saturated rings.